The van der Waals surface area contributed by atoms with E-state index in [4.69, 9.17) is 9.26 Å². The first-order valence-corrected chi connectivity index (χ1v) is 11.6. The monoisotopic (exact) mass is 465 g/mol. The van der Waals surface area contributed by atoms with Gasteiger partial charge in [-0.15, -0.1) is 11.8 Å². The van der Waals surface area contributed by atoms with E-state index in [0.29, 0.717) is 11.3 Å². The summed E-state index contributed by atoms with van der Waals surface area (Å²) in [5.41, 5.74) is 1.24. The van der Waals surface area contributed by atoms with Crippen LogP contribution in [0.1, 0.15) is 23.8 Å². The van der Waals surface area contributed by atoms with E-state index in [1.807, 2.05) is 30.5 Å². The average Bonchev–Trinajstić information content (AvgIpc) is 3.42. The molecule has 2 heterocycles. The summed E-state index contributed by atoms with van der Waals surface area (Å²) in [6, 6.07) is 17.9. The Kier molecular flexibility index (Phi) is 6.79. The van der Waals surface area contributed by atoms with Gasteiger partial charge in [-0.1, -0.05) is 35.5 Å². The van der Waals surface area contributed by atoms with Gasteiger partial charge in [0.05, 0.1) is 5.92 Å². The predicted molar refractivity (Wildman–Crippen MR) is 124 cm³/mol. The molecule has 33 heavy (non-hydrogen) atoms. The van der Waals surface area contributed by atoms with Gasteiger partial charge in [-0.3, -0.25) is 14.4 Å². The van der Waals surface area contributed by atoms with Gasteiger partial charge >= 0.3 is 5.97 Å². The number of amides is 2. The second kappa shape index (κ2) is 9.91. The summed E-state index contributed by atoms with van der Waals surface area (Å²) >= 11 is 1.61. The van der Waals surface area contributed by atoms with E-state index in [1.54, 1.807) is 60.0 Å². The summed E-state index contributed by atoms with van der Waals surface area (Å²) in [5.74, 6) is -1.23. The molecular formula is C24H23N3O5S. The molecule has 170 valence electrons. The summed E-state index contributed by atoms with van der Waals surface area (Å²) in [6.07, 6.45) is 0.806. The fourth-order valence-electron chi connectivity index (χ4n) is 3.61. The Labute approximate surface area is 195 Å². The second-order valence-corrected chi connectivity index (χ2v) is 8.52. The van der Waals surface area contributed by atoms with E-state index in [2.05, 4.69) is 10.5 Å². The Balaban J connectivity index is 1.48. The van der Waals surface area contributed by atoms with Gasteiger partial charge in [0.1, 0.15) is 5.76 Å². The van der Waals surface area contributed by atoms with Crippen LogP contribution in [-0.4, -0.2) is 35.7 Å². The number of aromatic nitrogens is 1. The predicted octanol–water partition coefficient (Wildman–Crippen LogP) is 3.98. The molecule has 1 aliphatic heterocycles. The number of esters is 1. The van der Waals surface area contributed by atoms with E-state index in [1.165, 1.54) is 0 Å². The van der Waals surface area contributed by atoms with Gasteiger partial charge in [0.15, 0.2) is 5.82 Å². The van der Waals surface area contributed by atoms with Gasteiger partial charge in [-0.25, -0.2) is 0 Å². The van der Waals surface area contributed by atoms with Crippen LogP contribution in [0.3, 0.4) is 0 Å². The van der Waals surface area contributed by atoms with Crippen LogP contribution >= 0.6 is 11.8 Å². The van der Waals surface area contributed by atoms with Crippen molar-refractivity contribution in [2.45, 2.75) is 24.3 Å². The molecule has 0 saturated carbocycles. The van der Waals surface area contributed by atoms with Crippen molar-refractivity contribution in [2.75, 3.05) is 23.0 Å². The molecule has 9 heteroatoms. The Morgan fingerprint density at radius 2 is 1.91 bits per heavy atom. The van der Waals surface area contributed by atoms with Crippen LogP contribution in [-0.2, 0) is 19.1 Å². The zero-order valence-corrected chi connectivity index (χ0v) is 19.0. The molecule has 2 amide bonds. The quantitative estimate of drug-likeness (QED) is 0.416. The van der Waals surface area contributed by atoms with Crippen LogP contribution in [0, 0.1) is 12.8 Å². The minimum atomic E-state index is -1.19. The topological polar surface area (TPSA) is 102 Å². The van der Waals surface area contributed by atoms with Crippen LogP contribution in [0.2, 0.25) is 0 Å². The summed E-state index contributed by atoms with van der Waals surface area (Å²) < 4.78 is 10.6. The maximum atomic E-state index is 13.0. The number of nitrogens with zero attached hydrogens (tertiary/aromatic N) is 2. The van der Waals surface area contributed by atoms with Crippen molar-refractivity contribution in [1.29, 1.82) is 0 Å². The summed E-state index contributed by atoms with van der Waals surface area (Å²) in [5, 5.41) is 6.37. The smallest absolute Gasteiger partial charge is 0.312 e. The third-order valence-corrected chi connectivity index (χ3v) is 6.04. The standard InChI is InChI=1S/C24H23N3O5S/c1-15-12-20(26-32-15)25-23(29)22(16-6-4-3-5-7-16)31-24(30)17-13-21(28)27(14-17)18-8-10-19(33-2)11-9-18/h3-12,17,22H,13-14H2,1-2H3,(H,25,26,29). The number of ether oxygens (including phenoxy) is 1. The molecule has 2 aromatic carbocycles. The largest absolute Gasteiger partial charge is 0.447 e. The number of carbonyl (C=O) groups is 3. The Bertz CT molecular complexity index is 1150. The highest BCUT2D eigenvalue weighted by molar-refractivity contribution is 7.98. The van der Waals surface area contributed by atoms with E-state index in [9.17, 15) is 14.4 Å². The molecule has 4 rings (SSSR count). The van der Waals surface area contributed by atoms with Gasteiger partial charge in [0.2, 0.25) is 12.0 Å². The van der Waals surface area contributed by atoms with E-state index in [-0.39, 0.29) is 24.7 Å². The summed E-state index contributed by atoms with van der Waals surface area (Å²) in [7, 11) is 0. The van der Waals surface area contributed by atoms with E-state index >= 15 is 0 Å². The lowest BCUT2D eigenvalue weighted by Gasteiger charge is -2.20. The molecule has 0 bridgehead atoms. The minimum Gasteiger partial charge on any atom is -0.447 e. The molecule has 3 aromatic rings. The normalized spacial score (nSPS) is 16.5. The highest BCUT2D eigenvalue weighted by atomic mass is 32.2. The molecule has 1 saturated heterocycles. The Morgan fingerprint density at radius 3 is 2.55 bits per heavy atom. The lowest BCUT2D eigenvalue weighted by atomic mass is 10.1. The molecule has 1 fully saturated rings. The van der Waals surface area contributed by atoms with Gasteiger partial charge < -0.3 is 19.5 Å². The SMILES string of the molecule is CSc1ccc(N2CC(C(=O)OC(C(=O)Nc3cc(C)on3)c3ccccc3)CC2=O)cc1. The first-order chi connectivity index (χ1) is 15.9. The van der Waals surface area contributed by atoms with Crippen molar-refractivity contribution in [3.05, 3.63) is 72.0 Å². The fourth-order valence-corrected chi connectivity index (χ4v) is 4.02. The molecule has 1 aliphatic rings. The van der Waals surface area contributed by atoms with Crippen LogP contribution in [0.15, 0.2) is 70.1 Å². The van der Waals surface area contributed by atoms with Crippen molar-refractivity contribution in [1.82, 2.24) is 5.16 Å². The number of hydrogen-bond acceptors (Lipinski definition) is 7. The van der Waals surface area contributed by atoms with Crippen LogP contribution in [0.5, 0.6) is 0 Å². The Hall–Kier alpha value is -3.59. The summed E-state index contributed by atoms with van der Waals surface area (Å²) in [6.45, 7) is 1.90. The molecule has 1 aromatic heterocycles. The number of carbonyl (C=O) groups excluding carboxylic acids is 3. The molecule has 8 nitrogen and oxygen atoms in total. The highest BCUT2D eigenvalue weighted by Gasteiger charge is 2.38. The zero-order chi connectivity index (χ0) is 23.4. The van der Waals surface area contributed by atoms with E-state index in [0.717, 1.165) is 10.6 Å². The molecular weight excluding hydrogens is 442 g/mol. The second-order valence-electron chi connectivity index (χ2n) is 7.64. The average molecular weight is 466 g/mol. The van der Waals surface area contributed by atoms with Gasteiger partial charge in [-0.2, -0.15) is 0 Å². The van der Waals surface area contributed by atoms with Crippen molar-refractivity contribution in [2.24, 2.45) is 5.92 Å². The zero-order valence-electron chi connectivity index (χ0n) is 18.2. The molecule has 0 aliphatic carbocycles. The number of benzene rings is 2. The maximum Gasteiger partial charge on any atom is 0.312 e. The van der Waals surface area contributed by atoms with Crippen LogP contribution in [0.4, 0.5) is 11.5 Å². The Morgan fingerprint density at radius 1 is 1.18 bits per heavy atom. The number of rotatable bonds is 7. The maximum absolute atomic E-state index is 13.0. The number of aryl methyl sites for hydroxylation is 1. The van der Waals surface area contributed by atoms with Crippen molar-refractivity contribution in [3.8, 4) is 0 Å². The van der Waals surface area contributed by atoms with Crippen molar-refractivity contribution in [3.63, 3.8) is 0 Å². The third kappa shape index (κ3) is 5.25. The van der Waals surface area contributed by atoms with Gasteiger partial charge in [0.25, 0.3) is 5.91 Å². The number of anilines is 2. The van der Waals surface area contributed by atoms with Crippen LogP contribution < -0.4 is 10.2 Å². The molecule has 1 N–H and O–H groups in total. The third-order valence-electron chi connectivity index (χ3n) is 5.30. The molecule has 0 spiro atoms. The van der Waals surface area contributed by atoms with E-state index < -0.39 is 23.9 Å². The van der Waals surface area contributed by atoms with Gasteiger partial charge in [0, 0.05) is 35.2 Å². The van der Waals surface area contributed by atoms with Crippen LogP contribution in [0.25, 0.3) is 0 Å². The van der Waals surface area contributed by atoms with Crippen molar-refractivity contribution < 1.29 is 23.6 Å². The lowest BCUT2D eigenvalue weighted by Crippen LogP contribution is -2.30. The number of thioether (sulfide) groups is 1. The fraction of sp³-hybridized carbons (Fsp3) is 0.250. The first kappa shape index (κ1) is 22.6. The molecule has 2 atom stereocenters. The van der Waals surface area contributed by atoms with Crippen molar-refractivity contribution >= 4 is 41.1 Å². The first-order valence-electron chi connectivity index (χ1n) is 10.4. The highest BCUT2D eigenvalue weighted by Crippen LogP contribution is 2.29. The number of nitrogens with one attached hydrogen (secondary N) is 1. The van der Waals surface area contributed by atoms with Gasteiger partial charge in [-0.05, 0) is 37.4 Å². The molecule has 2 unspecified atom stereocenters. The summed E-state index contributed by atoms with van der Waals surface area (Å²) in [4.78, 5) is 41.2. The lowest BCUT2D eigenvalue weighted by molar-refractivity contribution is -0.158. The number of hydrogen-bond donors (Lipinski definition) is 1. The molecule has 0 radical (unpaired) electrons. The minimum absolute atomic E-state index is 0.0225.